The van der Waals surface area contributed by atoms with Crippen LogP contribution in [0.2, 0.25) is 0 Å². The van der Waals surface area contributed by atoms with Gasteiger partial charge in [-0.3, -0.25) is 9.59 Å². The van der Waals surface area contributed by atoms with E-state index in [1.807, 2.05) is 33.8 Å². The highest BCUT2D eigenvalue weighted by molar-refractivity contribution is 5.79. The third kappa shape index (κ3) is 3.38. The van der Waals surface area contributed by atoms with Gasteiger partial charge in [0.1, 0.15) is 5.52 Å². The van der Waals surface area contributed by atoms with Crippen LogP contribution in [0.25, 0.3) is 11.0 Å². The van der Waals surface area contributed by atoms with Crippen LogP contribution in [-0.4, -0.2) is 49.5 Å². The average Bonchev–Trinajstić information content (AvgIpc) is 3.15. The minimum absolute atomic E-state index is 0.0425. The van der Waals surface area contributed by atoms with Gasteiger partial charge >= 0.3 is 5.97 Å². The maximum absolute atomic E-state index is 13.2. The molecule has 4 atom stereocenters. The molecule has 1 aromatic heterocycles. The van der Waals surface area contributed by atoms with Crippen molar-refractivity contribution in [1.29, 1.82) is 0 Å². The van der Waals surface area contributed by atoms with Gasteiger partial charge in [-0.25, -0.2) is 4.68 Å². The van der Waals surface area contributed by atoms with Crippen molar-refractivity contribution in [2.75, 3.05) is 6.54 Å². The molecule has 150 valence electrons. The lowest BCUT2D eigenvalue weighted by atomic mass is 9.71. The molecule has 4 rings (SSSR count). The van der Waals surface area contributed by atoms with E-state index in [1.165, 1.54) is 0 Å². The number of amides is 1. The standard InChI is InChI=1S/C21H28N4O3/c1-2-14(25-19-10-6-4-8-17(19)22-23-25)13-20(26)24-12-11-16(21(27)28)15-7-3-5-9-18(15)24/h4,6,8,10,14-16,18H,2-3,5,7,9,11-13H2,1H3,(H,27,28)/t14-,15?,16?,18?/m1/s1. The number of fused-ring (bicyclic) bond motifs is 2. The summed E-state index contributed by atoms with van der Waals surface area (Å²) in [4.78, 5) is 26.9. The molecule has 0 radical (unpaired) electrons. The molecule has 0 spiro atoms. The minimum atomic E-state index is -0.704. The molecule has 7 nitrogen and oxygen atoms in total. The number of carboxylic acids is 1. The molecule has 1 amide bonds. The van der Waals surface area contributed by atoms with Crippen LogP contribution in [0.3, 0.4) is 0 Å². The number of rotatable bonds is 5. The van der Waals surface area contributed by atoms with Crippen molar-refractivity contribution in [3.8, 4) is 0 Å². The summed E-state index contributed by atoms with van der Waals surface area (Å²) in [5.74, 6) is -0.802. The third-order valence-electron chi connectivity index (χ3n) is 6.62. The number of benzene rings is 1. The fourth-order valence-electron chi connectivity index (χ4n) is 5.15. The van der Waals surface area contributed by atoms with Crippen molar-refractivity contribution >= 4 is 22.9 Å². The van der Waals surface area contributed by atoms with Crippen molar-refractivity contribution in [2.45, 2.75) is 64.0 Å². The van der Waals surface area contributed by atoms with Gasteiger partial charge in [0.25, 0.3) is 0 Å². The summed E-state index contributed by atoms with van der Waals surface area (Å²) in [7, 11) is 0. The van der Waals surface area contributed by atoms with E-state index in [1.54, 1.807) is 0 Å². The first-order chi connectivity index (χ1) is 13.6. The van der Waals surface area contributed by atoms with E-state index < -0.39 is 5.97 Å². The summed E-state index contributed by atoms with van der Waals surface area (Å²) in [5.41, 5.74) is 1.78. The molecule has 1 saturated carbocycles. The summed E-state index contributed by atoms with van der Waals surface area (Å²) in [6, 6.07) is 7.83. The van der Waals surface area contributed by atoms with E-state index in [0.29, 0.717) is 19.4 Å². The Bertz CT molecular complexity index is 864. The van der Waals surface area contributed by atoms with Crippen LogP contribution in [-0.2, 0) is 9.59 Å². The van der Waals surface area contributed by atoms with Crippen molar-refractivity contribution < 1.29 is 14.7 Å². The number of hydrogen-bond donors (Lipinski definition) is 1. The molecule has 2 aliphatic rings. The molecular formula is C21H28N4O3. The van der Waals surface area contributed by atoms with E-state index in [-0.39, 0.29) is 29.8 Å². The molecular weight excluding hydrogens is 356 g/mol. The number of carbonyl (C=O) groups excluding carboxylic acids is 1. The predicted octanol–water partition coefficient (Wildman–Crippen LogP) is 3.26. The maximum atomic E-state index is 13.2. The van der Waals surface area contributed by atoms with Crippen LogP contribution in [0, 0.1) is 11.8 Å². The summed E-state index contributed by atoms with van der Waals surface area (Å²) in [6.07, 6.45) is 5.70. The SMILES string of the molecule is CC[C@H](CC(=O)N1CCC(C(=O)O)C2CCCCC21)n1nnc2ccccc21. The fraction of sp³-hybridized carbons (Fsp3) is 0.619. The Kier molecular flexibility index (Phi) is 5.33. The van der Waals surface area contributed by atoms with Gasteiger partial charge in [0, 0.05) is 19.0 Å². The Hall–Kier alpha value is -2.44. The average molecular weight is 384 g/mol. The topological polar surface area (TPSA) is 88.3 Å². The fourth-order valence-corrected chi connectivity index (χ4v) is 5.15. The molecule has 1 aliphatic carbocycles. The van der Waals surface area contributed by atoms with E-state index in [2.05, 4.69) is 17.2 Å². The number of likely N-dealkylation sites (tertiary alicyclic amines) is 1. The smallest absolute Gasteiger partial charge is 0.306 e. The highest BCUT2D eigenvalue weighted by Gasteiger charge is 2.44. The van der Waals surface area contributed by atoms with Gasteiger partial charge in [-0.05, 0) is 43.7 Å². The first kappa shape index (κ1) is 18.9. The Labute approximate surface area is 164 Å². The van der Waals surface area contributed by atoms with Gasteiger partial charge in [-0.2, -0.15) is 0 Å². The van der Waals surface area contributed by atoms with Crippen molar-refractivity contribution in [2.24, 2.45) is 11.8 Å². The molecule has 2 fully saturated rings. The summed E-state index contributed by atoms with van der Waals surface area (Å²) in [5, 5.41) is 18.1. The third-order valence-corrected chi connectivity index (χ3v) is 6.62. The van der Waals surface area contributed by atoms with Gasteiger partial charge in [0.2, 0.25) is 5.91 Å². The largest absolute Gasteiger partial charge is 0.481 e. The van der Waals surface area contributed by atoms with E-state index >= 15 is 0 Å². The number of aromatic nitrogens is 3. The number of piperidine rings is 1. The quantitative estimate of drug-likeness (QED) is 0.855. The second-order valence-electron chi connectivity index (χ2n) is 8.13. The van der Waals surface area contributed by atoms with Crippen LogP contribution in [0.1, 0.15) is 57.9 Å². The molecule has 2 heterocycles. The monoisotopic (exact) mass is 384 g/mol. The molecule has 1 aromatic carbocycles. The zero-order valence-corrected chi connectivity index (χ0v) is 16.3. The van der Waals surface area contributed by atoms with Crippen molar-refractivity contribution in [1.82, 2.24) is 19.9 Å². The van der Waals surface area contributed by atoms with Gasteiger partial charge in [0.15, 0.2) is 0 Å². The van der Waals surface area contributed by atoms with E-state index in [0.717, 1.165) is 43.1 Å². The van der Waals surface area contributed by atoms with E-state index in [9.17, 15) is 14.7 Å². The van der Waals surface area contributed by atoms with Crippen LogP contribution in [0.5, 0.6) is 0 Å². The number of para-hydroxylation sites is 1. The number of carboxylic acid groups (broad SMARTS) is 1. The highest BCUT2D eigenvalue weighted by Crippen LogP contribution is 2.40. The molecule has 1 saturated heterocycles. The zero-order chi connectivity index (χ0) is 19.7. The first-order valence-corrected chi connectivity index (χ1v) is 10.4. The Morgan fingerprint density at radius 3 is 2.79 bits per heavy atom. The minimum Gasteiger partial charge on any atom is -0.481 e. The normalized spacial score (nSPS) is 26.0. The molecule has 1 N–H and O–H groups in total. The Morgan fingerprint density at radius 2 is 2.00 bits per heavy atom. The number of hydrogen-bond acceptors (Lipinski definition) is 4. The van der Waals surface area contributed by atoms with Crippen molar-refractivity contribution in [3.63, 3.8) is 0 Å². The number of carbonyl (C=O) groups is 2. The van der Waals surface area contributed by atoms with Gasteiger partial charge < -0.3 is 10.0 Å². The highest BCUT2D eigenvalue weighted by atomic mass is 16.4. The summed E-state index contributed by atoms with van der Waals surface area (Å²) in [6.45, 7) is 2.61. The van der Waals surface area contributed by atoms with Gasteiger partial charge in [0.05, 0.1) is 17.5 Å². The summed E-state index contributed by atoms with van der Waals surface area (Å²) < 4.78 is 1.87. The maximum Gasteiger partial charge on any atom is 0.306 e. The molecule has 1 aliphatic heterocycles. The summed E-state index contributed by atoms with van der Waals surface area (Å²) >= 11 is 0. The molecule has 3 unspecified atom stereocenters. The Balaban J connectivity index is 1.52. The Morgan fingerprint density at radius 1 is 1.21 bits per heavy atom. The second-order valence-corrected chi connectivity index (χ2v) is 8.13. The molecule has 2 aromatic rings. The number of nitrogens with zero attached hydrogens (tertiary/aromatic N) is 4. The lowest BCUT2D eigenvalue weighted by Gasteiger charge is -2.47. The first-order valence-electron chi connectivity index (χ1n) is 10.4. The van der Waals surface area contributed by atoms with Gasteiger partial charge in [-0.15, -0.1) is 5.10 Å². The second kappa shape index (κ2) is 7.89. The van der Waals surface area contributed by atoms with Crippen LogP contribution in [0.15, 0.2) is 24.3 Å². The zero-order valence-electron chi connectivity index (χ0n) is 16.3. The molecule has 0 bridgehead atoms. The van der Waals surface area contributed by atoms with Crippen molar-refractivity contribution in [3.05, 3.63) is 24.3 Å². The number of aliphatic carboxylic acids is 1. The lowest BCUT2D eigenvalue weighted by Crippen LogP contribution is -2.54. The van der Waals surface area contributed by atoms with Crippen LogP contribution in [0.4, 0.5) is 0 Å². The van der Waals surface area contributed by atoms with Crippen LogP contribution >= 0.6 is 0 Å². The van der Waals surface area contributed by atoms with Crippen LogP contribution < -0.4 is 0 Å². The van der Waals surface area contributed by atoms with E-state index in [4.69, 9.17) is 0 Å². The molecule has 7 heteroatoms. The van der Waals surface area contributed by atoms with Gasteiger partial charge in [-0.1, -0.05) is 37.1 Å². The predicted molar refractivity (Wildman–Crippen MR) is 105 cm³/mol. The lowest BCUT2D eigenvalue weighted by molar-refractivity contribution is -0.154. The molecule has 28 heavy (non-hydrogen) atoms.